The average molecular weight is 308 g/mol. The predicted octanol–water partition coefficient (Wildman–Crippen LogP) is 3.71. The van der Waals surface area contributed by atoms with Gasteiger partial charge in [0.05, 0.1) is 0 Å². The lowest BCUT2D eigenvalue weighted by molar-refractivity contribution is 0.0739. The van der Waals surface area contributed by atoms with Crippen molar-refractivity contribution in [3.63, 3.8) is 0 Å². The molecule has 0 heterocycles. The number of rotatable bonds is 5. The van der Waals surface area contributed by atoms with Gasteiger partial charge in [-0.1, -0.05) is 22.0 Å². The Bertz CT molecular complexity index is 438. The largest absolute Gasteiger partial charge is 0.338 e. The molecule has 1 amide bonds. The van der Waals surface area contributed by atoms with Gasteiger partial charge in [-0.05, 0) is 55.7 Å². The quantitative estimate of drug-likeness (QED) is 0.812. The van der Waals surface area contributed by atoms with Crippen molar-refractivity contribution in [2.75, 3.05) is 13.1 Å². The molecule has 18 heavy (non-hydrogen) atoms. The van der Waals surface area contributed by atoms with Crippen LogP contribution in [0, 0.1) is 11.8 Å². The first-order valence-electron chi connectivity index (χ1n) is 6.77. The molecular weight excluding hydrogens is 290 g/mol. The fraction of sp³-hybridized carbons (Fsp3) is 0.533. The summed E-state index contributed by atoms with van der Waals surface area (Å²) in [4.78, 5) is 14.6. The van der Waals surface area contributed by atoms with Gasteiger partial charge in [0.2, 0.25) is 0 Å². The molecule has 2 aliphatic carbocycles. The minimum atomic E-state index is 0.204. The van der Waals surface area contributed by atoms with E-state index in [4.69, 9.17) is 0 Å². The highest BCUT2D eigenvalue weighted by atomic mass is 79.9. The molecule has 0 aliphatic heterocycles. The maximum atomic E-state index is 12.5. The second-order valence-electron chi connectivity index (χ2n) is 5.61. The molecule has 3 rings (SSSR count). The summed E-state index contributed by atoms with van der Waals surface area (Å²) in [5, 5.41) is 0. The Hall–Kier alpha value is -0.830. The van der Waals surface area contributed by atoms with Crippen LogP contribution in [-0.2, 0) is 0 Å². The summed E-state index contributed by atoms with van der Waals surface area (Å²) in [6.07, 6.45) is 5.19. The summed E-state index contributed by atoms with van der Waals surface area (Å²) in [7, 11) is 0. The number of amides is 1. The van der Waals surface area contributed by atoms with Crippen LogP contribution in [0.5, 0.6) is 0 Å². The highest BCUT2D eigenvalue weighted by Gasteiger charge is 2.31. The smallest absolute Gasteiger partial charge is 0.253 e. The third-order valence-electron chi connectivity index (χ3n) is 3.71. The Labute approximate surface area is 116 Å². The molecule has 0 radical (unpaired) electrons. The van der Waals surface area contributed by atoms with Crippen LogP contribution in [0.1, 0.15) is 36.0 Å². The summed E-state index contributed by atoms with van der Waals surface area (Å²) in [5.74, 6) is 1.73. The lowest BCUT2D eigenvalue weighted by Gasteiger charge is -2.22. The third-order valence-corrected chi connectivity index (χ3v) is 4.20. The van der Waals surface area contributed by atoms with Crippen molar-refractivity contribution in [2.24, 2.45) is 11.8 Å². The third kappa shape index (κ3) is 3.14. The summed E-state index contributed by atoms with van der Waals surface area (Å²) >= 11 is 3.44. The summed E-state index contributed by atoms with van der Waals surface area (Å²) in [6, 6.07) is 7.74. The van der Waals surface area contributed by atoms with Crippen molar-refractivity contribution in [1.29, 1.82) is 0 Å². The van der Waals surface area contributed by atoms with E-state index in [-0.39, 0.29) is 5.91 Å². The van der Waals surface area contributed by atoms with E-state index in [9.17, 15) is 4.79 Å². The topological polar surface area (TPSA) is 20.3 Å². The molecule has 3 heteroatoms. The Balaban J connectivity index is 1.72. The van der Waals surface area contributed by atoms with E-state index in [1.54, 1.807) is 0 Å². The maximum absolute atomic E-state index is 12.5. The zero-order valence-electron chi connectivity index (χ0n) is 10.4. The van der Waals surface area contributed by atoms with E-state index < -0.39 is 0 Å². The van der Waals surface area contributed by atoms with Gasteiger partial charge in [-0.3, -0.25) is 4.79 Å². The molecule has 0 spiro atoms. The molecule has 2 nitrogen and oxygen atoms in total. The van der Waals surface area contributed by atoms with Crippen molar-refractivity contribution in [1.82, 2.24) is 4.90 Å². The Morgan fingerprint density at radius 3 is 2.28 bits per heavy atom. The number of hydrogen-bond donors (Lipinski definition) is 0. The second kappa shape index (κ2) is 5.04. The van der Waals surface area contributed by atoms with Gasteiger partial charge in [-0.25, -0.2) is 0 Å². The molecular formula is C15H18BrNO. The van der Waals surface area contributed by atoms with Gasteiger partial charge >= 0.3 is 0 Å². The average Bonchev–Trinajstić information content (AvgIpc) is 3.22. The normalized spacial score (nSPS) is 18.7. The predicted molar refractivity (Wildman–Crippen MR) is 75.5 cm³/mol. The summed E-state index contributed by atoms with van der Waals surface area (Å²) < 4.78 is 0.978. The number of carbonyl (C=O) groups is 1. The van der Waals surface area contributed by atoms with E-state index in [1.807, 2.05) is 24.3 Å². The van der Waals surface area contributed by atoms with E-state index in [2.05, 4.69) is 20.8 Å². The SMILES string of the molecule is O=C(c1cccc(Br)c1)N(CC1CC1)CC1CC1. The van der Waals surface area contributed by atoms with Crippen LogP contribution in [0.4, 0.5) is 0 Å². The van der Waals surface area contributed by atoms with E-state index in [0.29, 0.717) is 0 Å². The van der Waals surface area contributed by atoms with E-state index in [1.165, 1.54) is 25.7 Å². The zero-order valence-corrected chi connectivity index (χ0v) is 12.0. The minimum absolute atomic E-state index is 0.204. The number of hydrogen-bond acceptors (Lipinski definition) is 1. The molecule has 0 aromatic heterocycles. The van der Waals surface area contributed by atoms with Crippen molar-refractivity contribution in [3.8, 4) is 0 Å². The van der Waals surface area contributed by atoms with Gasteiger partial charge in [0.1, 0.15) is 0 Å². The second-order valence-corrected chi connectivity index (χ2v) is 6.52. The van der Waals surface area contributed by atoms with Crippen LogP contribution in [0.25, 0.3) is 0 Å². The lowest BCUT2D eigenvalue weighted by atomic mass is 10.2. The van der Waals surface area contributed by atoms with Crippen LogP contribution >= 0.6 is 15.9 Å². The van der Waals surface area contributed by atoms with Crippen molar-refractivity contribution in [2.45, 2.75) is 25.7 Å². The number of halogens is 1. The van der Waals surface area contributed by atoms with Crippen molar-refractivity contribution >= 4 is 21.8 Å². The van der Waals surface area contributed by atoms with Gasteiger partial charge < -0.3 is 4.90 Å². The van der Waals surface area contributed by atoms with Crippen LogP contribution in [0.2, 0.25) is 0 Å². The van der Waals surface area contributed by atoms with Crippen LogP contribution in [0.3, 0.4) is 0 Å². The summed E-state index contributed by atoms with van der Waals surface area (Å²) in [5.41, 5.74) is 0.811. The maximum Gasteiger partial charge on any atom is 0.253 e. The Morgan fingerprint density at radius 2 is 1.78 bits per heavy atom. The fourth-order valence-electron chi connectivity index (χ4n) is 2.27. The Morgan fingerprint density at radius 1 is 1.17 bits per heavy atom. The highest BCUT2D eigenvalue weighted by molar-refractivity contribution is 9.10. The first-order chi connectivity index (χ1) is 8.72. The summed E-state index contributed by atoms with van der Waals surface area (Å²) in [6.45, 7) is 1.92. The molecule has 1 aromatic carbocycles. The number of benzene rings is 1. The first-order valence-corrected chi connectivity index (χ1v) is 7.56. The Kier molecular flexibility index (Phi) is 3.42. The van der Waals surface area contributed by atoms with Gasteiger partial charge in [0.25, 0.3) is 5.91 Å². The fourth-order valence-corrected chi connectivity index (χ4v) is 2.67. The molecule has 1 aromatic rings. The molecule has 2 fully saturated rings. The first kappa shape index (κ1) is 12.2. The molecule has 2 saturated carbocycles. The molecule has 0 bridgehead atoms. The molecule has 0 unspecified atom stereocenters. The van der Waals surface area contributed by atoms with Gasteiger partial charge in [0.15, 0.2) is 0 Å². The van der Waals surface area contributed by atoms with Gasteiger partial charge in [-0.15, -0.1) is 0 Å². The van der Waals surface area contributed by atoms with E-state index in [0.717, 1.165) is 35.0 Å². The highest BCUT2D eigenvalue weighted by Crippen LogP contribution is 2.34. The number of carbonyl (C=O) groups excluding carboxylic acids is 1. The zero-order chi connectivity index (χ0) is 12.5. The molecule has 0 saturated heterocycles. The molecule has 2 aliphatic rings. The lowest BCUT2D eigenvalue weighted by Crippen LogP contribution is -2.34. The molecule has 96 valence electrons. The molecule has 0 N–H and O–H groups in total. The standard InChI is InChI=1S/C15H18BrNO/c16-14-3-1-2-13(8-14)15(18)17(9-11-4-5-11)10-12-6-7-12/h1-3,8,11-12H,4-7,9-10H2. The van der Waals surface area contributed by atoms with Crippen LogP contribution in [0.15, 0.2) is 28.7 Å². The van der Waals surface area contributed by atoms with Gasteiger partial charge in [0, 0.05) is 23.1 Å². The monoisotopic (exact) mass is 307 g/mol. The minimum Gasteiger partial charge on any atom is -0.338 e. The van der Waals surface area contributed by atoms with E-state index >= 15 is 0 Å². The number of nitrogens with zero attached hydrogens (tertiary/aromatic N) is 1. The van der Waals surface area contributed by atoms with Crippen LogP contribution in [-0.4, -0.2) is 23.9 Å². The molecule has 0 atom stereocenters. The van der Waals surface area contributed by atoms with Crippen molar-refractivity contribution < 1.29 is 4.79 Å². The van der Waals surface area contributed by atoms with Crippen LogP contribution < -0.4 is 0 Å². The van der Waals surface area contributed by atoms with Gasteiger partial charge in [-0.2, -0.15) is 0 Å². The van der Waals surface area contributed by atoms with Crippen molar-refractivity contribution in [3.05, 3.63) is 34.3 Å².